The first-order chi connectivity index (χ1) is 12.3. The zero-order valence-corrected chi connectivity index (χ0v) is 16.4. The van der Waals surface area contributed by atoms with Gasteiger partial charge in [-0.3, -0.25) is 9.59 Å². The normalized spacial score (nSPS) is 11.2. The second-order valence-electron chi connectivity index (χ2n) is 6.46. The Bertz CT molecular complexity index is 609. The number of nitrogens with one attached hydrogen (secondary N) is 3. The number of nitrogens with zero attached hydrogens (tertiary/aromatic N) is 2. The van der Waals surface area contributed by atoms with Crippen LogP contribution in [0.15, 0.2) is 29.3 Å². The number of aliphatic imine (C=N–C) groups is 1. The fourth-order valence-corrected chi connectivity index (χ4v) is 2.09. The second-order valence-corrected chi connectivity index (χ2v) is 6.46. The summed E-state index contributed by atoms with van der Waals surface area (Å²) in [6.07, 6.45) is 0. The lowest BCUT2D eigenvalue weighted by molar-refractivity contribution is -0.123. The Morgan fingerprint density at radius 2 is 1.65 bits per heavy atom. The maximum Gasteiger partial charge on any atom is 0.253 e. The van der Waals surface area contributed by atoms with Crippen LogP contribution in [0.5, 0.6) is 0 Å². The van der Waals surface area contributed by atoms with Gasteiger partial charge >= 0.3 is 0 Å². The zero-order chi connectivity index (χ0) is 19.5. The van der Waals surface area contributed by atoms with E-state index in [4.69, 9.17) is 0 Å². The van der Waals surface area contributed by atoms with Crippen molar-refractivity contribution in [2.45, 2.75) is 27.3 Å². The maximum absolute atomic E-state index is 11.9. The molecule has 1 rings (SSSR count). The van der Waals surface area contributed by atoms with Gasteiger partial charge in [-0.25, -0.2) is 4.99 Å². The minimum Gasteiger partial charge on any atom is -0.357 e. The number of hydrogen-bond acceptors (Lipinski definition) is 3. The molecule has 7 heteroatoms. The lowest BCUT2D eigenvalue weighted by Crippen LogP contribution is -2.42. The summed E-state index contributed by atoms with van der Waals surface area (Å²) in [5, 5.41) is 9.23. The fourth-order valence-electron chi connectivity index (χ4n) is 2.09. The van der Waals surface area contributed by atoms with Crippen LogP contribution in [0.1, 0.15) is 36.7 Å². The van der Waals surface area contributed by atoms with Gasteiger partial charge in [-0.2, -0.15) is 0 Å². The van der Waals surface area contributed by atoms with Crippen LogP contribution in [-0.2, 0) is 11.3 Å². The fraction of sp³-hybridized carbons (Fsp3) is 0.526. The molecule has 0 bridgehead atoms. The van der Waals surface area contributed by atoms with Crippen LogP contribution in [0, 0.1) is 5.92 Å². The van der Waals surface area contributed by atoms with E-state index in [2.05, 4.69) is 20.9 Å². The van der Waals surface area contributed by atoms with E-state index in [1.807, 2.05) is 45.0 Å². The molecule has 1 aromatic rings. The molecule has 0 heterocycles. The predicted molar refractivity (Wildman–Crippen MR) is 105 cm³/mol. The van der Waals surface area contributed by atoms with E-state index in [0.29, 0.717) is 31.2 Å². The Hall–Kier alpha value is -2.57. The Balaban J connectivity index is 2.55. The molecule has 0 aromatic heterocycles. The summed E-state index contributed by atoms with van der Waals surface area (Å²) >= 11 is 0. The molecule has 0 unspecified atom stereocenters. The predicted octanol–water partition coefficient (Wildman–Crippen LogP) is 1.22. The van der Waals surface area contributed by atoms with Gasteiger partial charge in [0.25, 0.3) is 5.91 Å². The summed E-state index contributed by atoms with van der Waals surface area (Å²) in [4.78, 5) is 29.5. The van der Waals surface area contributed by atoms with E-state index in [1.54, 1.807) is 19.0 Å². The van der Waals surface area contributed by atoms with Crippen LogP contribution in [-0.4, -0.2) is 56.4 Å². The molecule has 0 aliphatic carbocycles. The highest BCUT2D eigenvalue weighted by molar-refractivity contribution is 5.93. The van der Waals surface area contributed by atoms with E-state index in [0.717, 1.165) is 12.1 Å². The van der Waals surface area contributed by atoms with Crippen molar-refractivity contribution in [2.24, 2.45) is 10.9 Å². The third-order valence-corrected chi connectivity index (χ3v) is 3.61. The van der Waals surface area contributed by atoms with Crippen molar-refractivity contribution < 1.29 is 9.59 Å². The van der Waals surface area contributed by atoms with E-state index >= 15 is 0 Å². The summed E-state index contributed by atoms with van der Waals surface area (Å²) in [6.45, 7) is 8.13. The Labute approximate surface area is 156 Å². The minimum atomic E-state index is -0.0153. The minimum absolute atomic E-state index is 0.0146. The summed E-state index contributed by atoms with van der Waals surface area (Å²) in [5.74, 6) is 0.707. The van der Waals surface area contributed by atoms with Gasteiger partial charge in [0.05, 0.1) is 6.54 Å². The summed E-state index contributed by atoms with van der Waals surface area (Å²) < 4.78 is 0. The van der Waals surface area contributed by atoms with E-state index in [-0.39, 0.29) is 17.7 Å². The topological polar surface area (TPSA) is 85.8 Å². The Morgan fingerprint density at radius 1 is 1.04 bits per heavy atom. The van der Waals surface area contributed by atoms with Crippen LogP contribution >= 0.6 is 0 Å². The molecule has 0 aliphatic heterocycles. The number of carbonyl (C=O) groups is 2. The summed E-state index contributed by atoms with van der Waals surface area (Å²) in [5.41, 5.74) is 1.68. The largest absolute Gasteiger partial charge is 0.357 e. The number of hydrogen-bond donors (Lipinski definition) is 3. The Kier molecular flexibility index (Phi) is 9.19. The molecule has 0 atom stereocenters. The number of guanidine groups is 1. The average Bonchev–Trinajstić information content (AvgIpc) is 2.62. The standard InChI is InChI=1S/C19H31N5O2/c1-6-20-19(22-12-11-21-17(25)14(2)3)23-13-15-7-9-16(10-8-15)18(26)24(4)5/h7-10,14H,6,11-13H2,1-5H3,(H,21,25)(H2,20,22,23). The Morgan fingerprint density at radius 3 is 2.19 bits per heavy atom. The molecular weight excluding hydrogens is 330 g/mol. The lowest BCUT2D eigenvalue weighted by Gasteiger charge is -2.13. The van der Waals surface area contributed by atoms with Gasteiger partial charge < -0.3 is 20.9 Å². The quantitative estimate of drug-likeness (QED) is 0.369. The van der Waals surface area contributed by atoms with Crippen molar-refractivity contribution in [1.82, 2.24) is 20.9 Å². The van der Waals surface area contributed by atoms with Crippen molar-refractivity contribution in [3.63, 3.8) is 0 Å². The molecular formula is C19H31N5O2. The molecule has 26 heavy (non-hydrogen) atoms. The van der Waals surface area contributed by atoms with E-state index in [9.17, 15) is 9.59 Å². The highest BCUT2D eigenvalue weighted by Crippen LogP contribution is 2.07. The first-order valence-electron chi connectivity index (χ1n) is 8.95. The van der Waals surface area contributed by atoms with Crippen molar-refractivity contribution in [3.05, 3.63) is 35.4 Å². The van der Waals surface area contributed by atoms with Gasteiger partial charge in [-0.05, 0) is 24.6 Å². The van der Waals surface area contributed by atoms with Gasteiger partial charge in [0, 0.05) is 45.2 Å². The third kappa shape index (κ3) is 7.55. The molecule has 3 N–H and O–H groups in total. The van der Waals surface area contributed by atoms with E-state index < -0.39 is 0 Å². The van der Waals surface area contributed by atoms with Gasteiger partial charge in [0.15, 0.2) is 5.96 Å². The van der Waals surface area contributed by atoms with Gasteiger partial charge in [0.2, 0.25) is 5.91 Å². The number of rotatable bonds is 8. The number of benzene rings is 1. The third-order valence-electron chi connectivity index (χ3n) is 3.61. The van der Waals surface area contributed by atoms with Gasteiger partial charge in [0.1, 0.15) is 0 Å². The average molecular weight is 361 g/mol. The monoisotopic (exact) mass is 361 g/mol. The lowest BCUT2D eigenvalue weighted by atomic mass is 10.1. The van der Waals surface area contributed by atoms with Gasteiger partial charge in [-0.1, -0.05) is 26.0 Å². The number of carbonyl (C=O) groups excluding carboxylic acids is 2. The summed E-state index contributed by atoms with van der Waals surface area (Å²) in [6, 6.07) is 7.45. The molecule has 2 amide bonds. The molecule has 0 saturated heterocycles. The summed E-state index contributed by atoms with van der Waals surface area (Å²) in [7, 11) is 3.47. The van der Waals surface area contributed by atoms with Crippen LogP contribution < -0.4 is 16.0 Å². The molecule has 0 aliphatic rings. The zero-order valence-electron chi connectivity index (χ0n) is 16.4. The van der Waals surface area contributed by atoms with Crippen molar-refractivity contribution in [2.75, 3.05) is 33.7 Å². The van der Waals surface area contributed by atoms with Crippen molar-refractivity contribution in [1.29, 1.82) is 0 Å². The van der Waals surface area contributed by atoms with Crippen LogP contribution in [0.4, 0.5) is 0 Å². The molecule has 7 nitrogen and oxygen atoms in total. The maximum atomic E-state index is 11.9. The second kappa shape index (κ2) is 11.1. The van der Waals surface area contributed by atoms with E-state index in [1.165, 1.54) is 0 Å². The molecule has 0 spiro atoms. The molecule has 0 fully saturated rings. The smallest absolute Gasteiger partial charge is 0.253 e. The molecule has 144 valence electrons. The van der Waals surface area contributed by atoms with Crippen LogP contribution in [0.2, 0.25) is 0 Å². The molecule has 0 saturated carbocycles. The van der Waals surface area contributed by atoms with Gasteiger partial charge in [-0.15, -0.1) is 0 Å². The number of amides is 2. The SMILES string of the molecule is CCNC(=NCc1ccc(C(=O)N(C)C)cc1)NCCNC(=O)C(C)C. The first kappa shape index (κ1) is 21.5. The first-order valence-corrected chi connectivity index (χ1v) is 8.95. The van der Waals surface area contributed by atoms with Crippen molar-refractivity contribution in [3.8, 4) is 0 Å². The highest BCUT2D eigenvalue weighted by atomic mass is 16.2. The van der Waals surface area contributed by atoms with Crippen LogP contribution in [0.25, 0.3) is 0 Å². The highest BCUT2D eigenvalue weighted by Gasteiger charge is 2.07. The van der Waals surface area contributed by atoms with Crippen LogP contribution in [0.3, 0.4) is 0 Å². The molecule has 0 radical (unpaired) electrons. The van der Waals surface area contributed by atoms with Crippen molar-refractivity contribution >= 4 is 17.8 Å². The molecule has 1 aromatic carbocycles.